The number of para-hydroxylation sites is 2. The monoisotopic (exact) mass is 358 g/mol. The summed E-state index contributed by atoms with van der Waals surface area (Å²) in [6, 6.07) is 7.63. The van der Waals surface area contributed by atoms with E-state index in [2.05, 4.69) is 20.5 Å². The zero-order chi connectivity index (χ0) is 17.2. The first-order valence-corrected chi connectivity index (χ1v) is 9.13. The fraction of sp³-hybridized carbons (Fsp3) is 0.438. The number of benzene rings is 1. The van der Waals surface area contributed by atoms with Crippen molar-refractivity contribution in [3.63, 3.8) is 0 Å². The van der Waals surface area contributed by atoms with Crippen molar-refractivity contribution in [2.45, 2.75) is 49.1 Å². The summed E-state index contributed by atoms with van der Waals surface area (Å²) < 4.78 is 9.05. The van der Waals surface area contributed by atoms with Crippen molar-refractivity contribution in [3.05, 3.63) is 34.6 Å². The quantitative estimate of drug-likeness (QED) is 0.686. The molecule has 1 unspecified atom stereocenters. The fourth-order valence-electron chi connectivity index (χ4n) is 3.00. The average molecular weight is 358 g/mol. The molecule has 0 radical (unpaired) electrons. The molecular weight excluding hydrogens is 340 g/mol. The van der Waals surface area contributed by atoms with Gasteiger partial charge in [-0.2, -0.15) is 0 Å². The van der Waals surface area contributed by atoms with Gasteiger partial charge in [0.2, 0.25) is 5.16 Å². The van der Waals surface area contributed by atoms with Gasteiger partial charge in [0.05, 0.1) is 23.7 Å². The Bertz CT molecular complexity index is 947. The van der Waals surface area contributed by atoms with E-state index in [4.69, 9.17) is 4.74 Å². The molecule has 1 aliphatic heterocycles. The van der Waals surface area contributed by atoms with Crippen molar-refractivity contribution < 1.29 is 4.74 Å². The zero-order valence-corrected chi connectivity index (χ0v) is 14.6. The molecule has 0 spiro atoms. The zero-order valence-electron chi connectivity index (χ0n) is 13.8. The summed E-state index contributed by atoms with van der Waals surface area (Å²) in [5, 5.41) is 12.8. The lowest BCUT2D eigenvalue weighted by Crippen LogP contribution is -2.23. The molecule has 9 heteroatoms. The van der Waals surface area contributed by atoms with Gasteiger partial charge in [-0.1, -0.05) is 12.1 Å². The Labute approximate surface area is 148 Å². The van der Waals surface area contributed by atoms with Gasteiger partial charge in [-0.3, -0.25) is 4.79 Å². The van der Waals surface area contributed by atoms with Gasteiger partial charge in [0.25, 0.3) is 5.56 Å². The van der Waals surface area contributed by atoms with E-state index in [1.54, 1.807) is 9.25 Å². The molecule has 25 heavy (non-hydrogen) atoms. The Kier molecular flexibility index (Phi) is 4.50. The van der Waals surface area contributed by atoms with Crippen LogP contribution in [-0.4, -0.2) is 42.5 Å². The van der Waals surface area contributed by atoms with Gasteiger partial charge >= 0.3 is 0 Å². The van der Waals surface area contributed by atoms with Gasteiger partial charge in [0, 0.05) is 13.2 Å². The van der Waals surface area contributed by atoms with Crippen LogP contribution in [0.15, 0.2) is 39.2 Å². The molecule has 0 bridgehead atoms. The largest absolute Gasteiger partial charge is 0.376 e. The van der Waals surface area contributed by atoms with Crippen LogP contribution >= 0.6 is 11.8 Å². The first-order valence-electron chi connectivity index (χ1n) is 8.31. The summed E-state index contributed by atoms with van der Waals surface area (Å²) in [5.74, 6) is 0. The van der Waals surface area contributed by atoms with E-state index >= 15 is 0 Å². The van der Waals surface area contributed by atoms with Crippen LogP contribution in [0.2, 0.25) is 0 Å². The van der Waals surface area contributed by atoms with E-state index in [1.165, 1.54) is 11.8 Å². The molecule has 8 nitrogen and oxygen atoms in total. The molecule has 2 aromatic heterocycles. The van der Waals surface area contributed by atoms with Crippen molar-refractivity contribution in [1.82, 2.24) is 29.8 Å². The average Bonchev–Trinajstić information content (AvgIpc) is 3.29. The first kappa shape index (κ1) is 16.2. The highest BCUT2D eigenvalue weighted by atomic mass is 32.2. The number of hydrogen-bond donors (Lipinski definition) is 0. The Morgan fingerprint density at radius 1 is 1.36 bits per heavy atom. The summed E-state index contributed by atoms with van der Waals surface area (Å²) in [7, 11) is 0. The minimum atomic E-state index is -0.127. The maximum Gasteiger partial charge on any atom is 0.284 e. The van der Waals surface area contributed by atoms with Gasteiger partial charge < -0.3 is 9.30 Å². The number of nitrogens with zero attached hydrogens (tertiary/aromatic N) is 6. The molecule has 3 aromatic rings. The lowest BCUT2D eigenvalue weighted by Gasteiger charge is -2.11. The van der Waals surface area contributed by atoms with E-state index in [0.29, 0.717) is 23.3 Å². The van der Waals surface area contributed by atoms with Gasteiger partial charge in [0.15, 0.2) is 5.03 Å². The highest BCUT2D eigenvalue weighted by Crippen LogP contribution is 2.24. The third kappa shape index (κ3) is 3.16. The minimum Gasteiger partial charge on any atom is -0.376 e. The number of aromatic nitrogens is 6. The summed E-state index contributed by atoms with van der Waals surface area (Å²) in [5.41, 5.74) is 1.49. The highest BCUT2D eigenvalue weighted by Gasteiger charge is 2.20. The standard InChI is InChI=1S/C16H18N6O2S/c1-2-21-13-8-4-3-7-12(13)17-14(15(21)23)25-16-18-19-20-22(16)10-11-6-5-9-24-11/h3-4,7-8,11H,2,5-6,9-10H2,1H3. The van der Waals surface area contributed by atoms with Crippen LogP contribution in [0.4, 0.5) is 0 Å². The molecule has 1 atom stereocenters. The molecule has 1 aromatic carbocycles. The van der Waals surface area contributed by atoms with Crippen LogP contribution < -0.4 is 5.56 Å². The number of ether oxygens (including phenoxy) is 1. The van der Waals surface area contributed by atoms with Crippen LogP contribution in [0, 0.1) is 0 Å². The number of fused-ring (bicyclic) bond motifs is 1. The molecule has 1 saturated heterocycles. The molecule has 0 saturated carbocycles. The van der Waals surface area contributed by atoms with Crippen molar-refractivity contribution in [1.29, 1.82) is 0 Å². The van der Waals surface area contributed by atoms with Crippen LogP contribution in [0.1, 0.15) is 19.8 Å². The molecule has 4 rings (SSSR count). The molecule has 0 N–H and O–H groups in total. The smallest absolute Gasteiger partial charge is 0.284 e. The number of tetrazole rings is 1. The Morgan fingerprint density at radius 2 is 2.24 bits per heavy atom. The predicted molar refractivity (Wildman–Crippen MR) is 92.6 cm³/mol. The first-order chi connectivity index (χ1) is 12.3. The van der Waals surface area contributed by atoms with E-state index < -0.39 is 0 Å². The normalized spacial score (nSPS) is 17.4. The predicted octanol–water partition coefficient (Wildman–Crippen LogP) is 1.73. The fourth-order valence-corrected chi connectivity index (χ4v) is 3.81. The van der Waals surface area contributed by atoms with Gasteiger partial charge in [-0.05, 0) is 54.1 Å². The Balaban J connectivity index is 1.68. The molecular formula is C16H18N6O2S. The molecule has 130 valence electrons. The Hall–Kier alpha value is -2.26. The summed E-state index contributed by atoms with van der Waals surface area (Å²) in [6.07, 6.45) is 2.18. The SMILES string of the molecule is CCn1c(=O)c(Sc2nnnn2CC2CCCO2)nc2ccccc21. The van der Waals surface area contributed by atoms with E-state index in [0.717, 1.165) is 30.5 Å². The second-order valence-corrected chi connectivity index (χ2v) is 6.79. The lowest BCUT2D eigenvalue weighted by atomic mass is 10.2. The van der Waals surface area contributed by atoms with Crippen LogP contribution in [0.25, 0.3) is 11.0 Å². The van der Waals surface area contributed by atoms with Gasteiger partial charge in [-0.25, -0.2) is 9.67 Å². The molecule has 0 amide bonds. The van der Waals surface area contributed by atoms with Crippen LogP contribution in [-0.2, 0) is 17.8 Å². The number of aryl methyl sites for hydroxylation is 1. The second kappa shape index (κ2) is 6.93. The molecule has 0 aliphatic carbocycles. The number of rotatable bonds is 5. The van der Waals surface area contributed by atoms with Gasteiger partial charge in [0.1, 0.15) is 0 Å². The van der Waals surface area contributed by atoms with Crippen molar-refractivity contribution >= 4 is 22.8 Å². The van der Waals surface area contributed by atoms with E-state index in [1.807, 2.05) is 31.2 Å². The van der Waals surface area contributed by atoms with Crippen molar-refractivity contribution in [2.75, 3.05) is 6.61 Å². The van der Waals surface area contributed by atoms with Crippen LogP contribution in [0.5, 0.6) is 0 Å². The minimum absolute atomic E-state index is 0.125. The Morgan fingerprint density at radius 3 is 3.04 bits per heavy atom. The highest BCUT2D eigenvalue weighted by molar-refractivity contribution is 7.99. The molecule has 1 aliphatic rings. The summed E-state index contributed by atoms with van der Waals surface area (Å²) in [6.45, 7) is 3.90. The van der Waals surface area contributed by atoms with Crippen LogP contribution in [0.3, 0.4) is 0 Å². The number of hydrogen-bond acceptors (Lipinski definition) is 7. The maximum absolute atomic E-state index is 12.8. The molecule has 1 fully saturated rings. The third-order valence-corrected chi connectivity index (χ3v) is 5.16. The third-order valence-electron chi connectivity index (χ3n) is 4.23. The van der Waals surface area contributed by atoms with Gasteiger partial charge in [-0.15, -0.1) is 5.10 Å². The lowest BCUT2D eigenvalue weighted by molar-refractivity contribution is 0.0912. The second-order valence-electron chi connectivity index (χ2n) is 5.84. The topological polar surface area (TPSA) is 87.7 Å². The van der Waals surface area contributed by atoms with E-state index in [-0.39, 0.29) is 11.7 Å². The van der Waals surface area contributed by atoms with Crippen molar-refractivity contribution in [2.24, 2.45) is 0 Å². The maximum atomic E-state index is 12.8. The van der Waals surface area contributed by atoms with E-state index in [9.17, 15) is 4.79 Å². The molecule has 3 heterocycles. The summed E-state index contributed by atoms with van der Waals surface area (Å²) >= 11 is 1.20. The van der Waals surface area contributed by atoms with Crippen molar-refractivity contribution in [3.8, 4) is 0 Å². The summed E-state index contributed by atoms with van der Waals surface area (Å²) in [4.78, 5) is 17.3.